The van der Waals surface area contributed by atoms with E-state index in [0.717, 1.165) is 0 Å². The van der Waals surface area contributed by atoms with E-state index in [1.807, 2.05) is 0 Å². The number of nitrogens with zero attached hydrogens (tertiary/aromatic N) is 5. The van der Waals surface area contributed by atoms with E-state index in [9.17, 15) is 4.79 Å². The van der Waals surface area contributed by atoms with Gasteiger partial charge >= 0.3 is 0 Å². The minimum absolute atomic E-state index is 0.157. The molecule has 0 saturated carbocycles. The number of tetrazole rings is 1. The molecule has 3 aromatic rings. The number of aromatic nitrogens is 6. The summed E-state index contributed by atoms with van der Waals surface area (Å²) in [6.07, 6.45) is 1.40. The Balaban J connectivity index is 2.03. The van der Waals surface area contributed by atoms with Gasteiger partial charge in [-0.15, -0.1) is 5.10 Å². The second-order valence-electron chi connectivity index (χ2n) is 4.24. The molecule has 0 fully saturated rings. The van der Waals surface area contributed by atoms with Crippen molar-refractivity contribution < 1.29 is 0 Å². The summed E-state index contributed by atoms with van der Waals surface area (Å²) in [5, 5.41) is 16.6. The molecule has 0 bridgehead atoms. The molecule has 0 radical (unpaired) electrons. The topological polar surface area (TPSA) is 105 Å². The minimum Gasteiger partial charge on any atom is -0.295 e. The third-order valence-electron chi connectivity index (χ3n) is 2.83. The number of aliphatic imine (C=N–C) groups is 1. The van der Waals surface area contributed by atoms with Gasteiger partial charge < -0.3 is 0 Å². The van der Waals surface area contributed by atoms with Crippen LogP contribution in [-0.4, -0.2) is 36.6 Å². The number of nitrogens with one attached hydrogen (secondary N) is 2. The van der Waals surface area contributed by atoms with E-state index in [1.165, 1.54) is 10.9 Å². The molecular weight excluding hydrogens is 294 g/mol. The van der Waals surface area contributed by atoms with Crippen molar-refractivity contribution in [2.45, 2.75) is 6.92 Å². The molecule has 9 heteroatoms. The lowest BCUT2D eigenvalue weighted by atomic mass is 10.3. The predicted molar refractivity (Wildman–Crippen MR) is 77.6 cm³/mol. The highest BCUT2D eigenvalue weighted by Crippen LogP contribution is 2.13. The smallest absolute Gasteiger partial charge is 0.288 e. The van der Waals surface area contributed by atoms with Crippen LogP contribution < -0.4 is 5.56 Å². The van der Waals surface area contributed by atoms with Crippen molar-refractivity contribution in [2.75, 3.05) is 0 Å². The van der Waals surface area contributed by atoms with Crippen LogP contribution in [-0.2, 0) is 0 Å². The Bertz CT molecular complexity index is 847. The Morgan fingerprint density at radius 2 is 2.29 bits per heavy atom. The van der Waals surface area contributed by atoms with Gasteiger partial charge in [-0.05, 0) is 30.3 Å². The van der Waals surface area contributed by atoms with Crippen LogP contribution in [0.5, 0.6) is 0 Å². The van der Waals surface area contributed by atoms with E-state index in [-0.39, 0.29) is 11.5 Å². The third-order valence-corrected chi connectivity index (χ3v) is 3.06. The maximum atomic E-state index is 12.4. The van der Waals surface area contributed by atoms with Crippen molar-refractivity contribution >= 4 is 23.8 Å². The Morgan fingerprint density at radius 3 is 3.00 bits per heavy atom. The van der Waals surface area contributed by atoms with Crippen LogP contribution in [0, 0.1) is 6.92 Å². The second kappa shape index (κ2) is 5.33. The normalized spacial score (nSPS) is 11.3. The number of benzene rings is 1. The summed E-state index contributed by atoms with van der Waals surface area (Å²) in [5.41, 5.74) is 1.50. The molecule has 0 aliphatic heterocycles. The van der Waals surface area contributed by atoms with Crippen molar-refractivity contribution in [3.63, 3.8) is 0 Å². The average Bonchev–Trinajstić information content (AvgIpc) is 3.06. The fourth-order valence-corrected chi connectivity index (χ4v) is 2.03. The Labute approximate surface area is 123 Å². The molecule has 0 amide bonds. The maximum Gasteiger partial charge on any atom is 0.288 e. The van der Waals surface area contributed by atoms with Gasteiger partial charge in [-0.3, -0.25) is 9.89 Å². The highest BCUT2D eigenvalue weighted by Gasteiger charge is 2.11. The Hall–Kier alpha value is -2.74. The van der Waals surface area contributed by atoms with Crippen LogP contribution in [0.25, 0.3) is 5.69 Å². The van der Waals surface area contributed by atoms with Gasteiger partial charge in [-0.1, -0.05) is 22.8 Å². The third kappa shape index (κ3) is 2.61. The van der Waals surface area contributed by atoms with Crippen molar-refractivity contribution in [1.82, 2.24) is 30.4 Å². The lowest BCUT2D eigenvalue weighted by molar-refractivity contribution is 0.835. The fraction of sp³-hybridized carbons (Fsp3) is 0.0833. The number of H-pyrrole nitrogens is 2. The molecule has 21 heavy (non-hydrogen) atoms. The van der Waals surface area contributed by atoms with E-state index in [2.05, 4.69) is 30.7 Å². The van der Waals surface area contributed by atoms with Crippen LogP contribution in [0.15, 0.2) is 34.1 Å². The molecule has 3 rings (SSSR count). The van der Waals surface area contributed by atoms with Gasteiger partial charge in [-0.25, -0.2) is 9.67 Å². The average molecular weight is 304 g/mol. The van der Waals surface area contributed by atoms with Crippen LogP contribution in [0.3, 0.4) is 0 Å². The first-order valence-corrected chi connectivity index (χ1v) is 6.38. The number of rotatable bonds is 3. The van der Waals surface area contributed by atoms with Gasteiger partial charge in [0.15, 0.2) is 0 Å². The van der Waals surface area contributed by atoms with Crippen LogP contribution in [0.2, 0.25) is 5.02 Å². The van der Waals surface area contributed by atoms with Gasteiger partial charge in [0.2, 0.25) is 0 Å². The van der Waals surface area contributed by atoms with E-state index in [0.29, 0.717) is 22.0 Å². The van der Waals surface area contributed by atoms with E-state index in [4.69, 9.17) is 11.6 Å². The monoisotopic (exact) mass is 303 g/mol. The van der Waals surface area contributed by atoms with Gasteiger partial charge in [0.25, 0.3) is 11.5 Å². The molecule has 2 aromatic heterocycles. The van der Waals surface area contributed by atoms with Gasteiger partial charge in [-0.2, -0.15) is 5.21 Å². The molecular formula is C12H10ClN7O. The molecule has 0 saturated heterocycles. The van der Waals surface area contributed by atoms with Crippen LogP contribution >= 0.6 is 11.6 Å². The zero-order valence-electron chi connectivity index (χ0n) is 10.9. The summed E-state index contributed by atoms with van der Waals surface area (Å²) in [4.78, 5) is 16.4. The number of aryl methyl sites for hydroxylation is 1. The Kier molecular flexibility index (Phi) is 3.36. The largest absolute Gasteiger partial charge is 0.295 e. The summed E-state index contributed by atoms with van der Waals surface area (Å²) in [5.74, 6) is 0.157. The van der Waals surface area contributed by atoms with Crippen molar-refractivity contribution in [1.29, 1.82) is 0 Å². The molecule has 0 spiro atoms. The predicted octanol–water partition coefficient (Wildman–Crippen LogP) is 1.39. The Morgan fingerprint density at radius 1 is 1.43 bits per heavy atom. The minimum atomic E-state index is -0.234. The maximum absolute atomic E-state index is 12.4. The van der Waals surface area contributed by atoms with E-state index < -0.39 is 0 Å². The lowest BCUT2D eigenvalue weighted by Gasteiger charge is -2.01. The molecule has 2 N–H and O–H groups in total. The highest BCUT2D eigenvalue weighted by atomic mass is 35.5. The summed E-state index contributed by atoms with van der Waals surface area (Å²) >= 11 is 5.94. The summed E-state index contributed by atoms with van der Waals surface area (Å²) < 4.78 is 1.40. The lowest BCUT2D eigenvalue weighted by Crippen LogP contribution is -2.17. The fourth-order valence-electron chi connectivity index (χ4n) is 1.84. The molecule has 0 atom stereocenters. The number of hydrogen-bond acceptors (Lipinski definition) is 5. The SMILES string of the molecule is Cc1[nH]n(-c2cccc(Cl)c2)c(=O)c1C=Nc1nn[nH]n1. The van der Waals surface area contributed by atoms with Crippen molar-refractivity contribution in [3.05, 3.63) is 50.9 Å². The van der Waals surface area contributed by atoms with Crippen molar-refractivity contribution in [3.8, 4) is 5.69 Å². The number of halogens is 1. The number of hydrogen-bond donors (Lipinski definition) is 2. The quantitative estimate of drug-likeness (QED) is 0.713. The zero-order valence-corrected chi connectivity index (χ0v) is 11.7. The molecule has 8 nitrogen and oxygen atoms in total. The van der Waals surface area contributed by atoms with E-state index in [1.54, 1.807) is 31.2 Å². The highest BCUT2D eigenvalue weighted by molar-refractivity contribution is 6.30. The number of aromatic amines is 2. The first-order valence-electron chi connectivity index (χ1n) is 6.00. The first-order chi connectivity index (χ1) is 10.1. The molecule has 0 unspecified atom stereocenters. The van der Waals surface area contributed by atoms with Crippen LogP contribution in [0.1, 0.15) is 11.3 Å². The van der Waals surface area contributed by atoms with Crippen LogP contribution in [0.4, 0.5) is 5.95 Å². The molecule has 0 aliphatic rings. The second-order valence-corrected chi connectivity index (χ2v) is 4.68. The zero-order chi connectivity index (χ0) is 14.8. The first kappa shape index (κ1) is 13.3. The molecule has 106 valence electrons. The standard InChI is InChI=1S/C12H10ClN7O/c1-7-10(6-14-12-15-18-19-16-12)11(21)20(17-7)9-4-2-3-8(13)5-9/h2-6,17H,1H3,(H,15,16,18,19). The molecule has 1 aromatic carbocycles. The molecule has 0 aliphatic carbocycles. The summed E-state index contributed by atoms with van der Waals surface area (Å²) in [6.45, 7) is 1.78. The summed E-state index contributed by atoms with van der Waals surface area (Å²) in [7, 11) is 0. The summed E-state index contributed by atoms with van der Waals surface area (Å²) in [6, 6.07) is 6.99. The van der Waals surface area contributed by atoms with E-state index >= 15 is 0 Å². The molecule has 2 heterocycles. The van der Waals surface area contributed by atoms with Gasteiger partial charge in [0.1, 0.15) is 0 Å². The van der Waals surface area contributed by atoms with Gasteiger partial charge in [0, 0.05) is 16.9 Å². The van der Waals surface area contributed by atoms with Crippen molar-refractivity contribution in [2.24, 2.45) is 4.99 Å². The van der Waals surface area contributed by atoms with Gasteiger partial charge in [0.05, 0.1) is 11.3 Å².